The molecule has 4 rings (SSSR count). The number of thiazole rings is 1. The van der Waals surface area contributed by atoms with Gasteiger partial charge in [0.1, 0.15) is 17.4 Å². The summed E-state index contributed by atoms with van der Waals surface area (Å²) in [6.45, 7) is 0. The van der Waals surface area contributed by atoms with Gasteiger partial charge in [-0.25, -0.2) is 4.98 Å². The van der Waals surface area contributed by atoms with Crippen molar-refractivity contribution in [3.63, 3.8) is 0 Å². The highest BCUT2D eigenvalue weighted by Crippen LogP contribution is 2.30. The van der Waals surface area contributed by atoms with E-state index in [4.69, 9.17) is 4.74 Å². The molecule has 1 aromatic heterocycles. The van der Waals surface area contributed by atoms with Gasteiger partial charge in [-0.05, 0) is 55.0 Å². The van der Waals surface area contributed by atoms with Crippen molar-refractivity contribution in [2.24, 2.45) is 0 Å². The van der Waals surface area contributed by atoms with E-state index in [0.29, 0.717) is 16.4 Å². The quantitative estimate of drug-likeness (QED) is 0.457. The van der Waals surface area contributed by atoms with Crippen molar-refractivity contribution in [3.05, 3.63) is 70.1 Å². The molecule has 0 saturated heterocycles. The van der Waals surface area contributed by atoms with Crippen molar-refractivity contribution < 1.29 is 9.53 Å². The van der Waals surface area contributed by atoms with Gasteiger partial charge in [-0.3, -0.25) is 10.1 Å². The molecule has 5 nitrogen and oxygen atoms in total. The molecule has 0 unspecified atom stereocenters. The highest BCUT2D eigenvalue weighted by atomic mass is 32.1. The van der Waals surface area contributed by atoms with Crippen LogP contribution in [0, 0.1) is 11.3 Å². The third kappa shape index (κ3) is 4.27. The van der Waals surface area contributed by atoms with Gasteiger partial charge in [0.15, 0.2) is 5.13 Å². The smallest absolute Gasteiger partial charge is 0.268 e. The lowest BCUT2D eigenvalue weighted by Crippen LogP contribution is -2.13. The van der Waals surface area contributed by atoms with Crippen LogP contribution < -0.4 is 10.1 Å². The Kier molecular flexibility index (Phi) is 5.92. The van der Waals surface area contributed by atoms with Crippen molar-refractivity contribution in [2.45, 2.75) is 25.7 Å². The van der Waals surface area contributed by atoms with Crippen LogP contribution in [0.3, 0.4) is 0 Å². The Morgan fingerprint density at radius 3 is 2.80 bits per heavy atom. The molecular weight excluding hydrogens is 394 g/mol. The molecule has 1 amide bonds. The number of methoxy groups -OCH3 is 1. The number of carbonyl (C=O) groups excluding carboxylic acids is 1. The van der Waals surface area contributed by atoms with Crippen molar-refractivity contribution in [2.75, 3.05) is 12.4 Å². The molecule has 0 saturated carbocycles. The van der Waals surface area contributed by atoms with Gasteiger partial charge in [0.05, 0.1) is 12.8 Å². The topological polar surface area (TPSA) is 75.0 Å². The van der Waals surface area contributed by atoms with Crippen LogP contribution in [0.25, 0.3) is 17.3 Å². The number of rotatable bonds is 5. The monoisotopic (exact) mass is 415 g/mol. The Balaban J connectivity index is 1.52. The molecule has 150 valence electrons. The first-order valence-corrected chi connectivity index (χ1v) is 10.7. The molecule has 1 heterocycles. The van der Waals surface area contributed by atoms with E-state index in [0.717, 1.165) is 24.1 Å². The van der Waals surface area contributed by atoms with Gasteiger partial charge >= 0.3 is 0 Å². The number of aryl methyl sites for hydroxylation is 2. The van der Waals surface area contributed by atoms with E-state index < -0.39 is 5.91 Å². The summed E-state index contributed by atoms with van der Waals surface area (Å²) >= 11 is 1.35. The SMILES string of the molecule is COc1ccccc1/C=C(\C#N)C(=O)Nc1nc(-c2ccc3c(c2)CCCC3)cs1. The van der Waals surface area contributed by atoms with E-state index in [-0.39, 0.29) is 5.57 Å². The molecule has 0 fully saturated rings. The number of hydrogen-bond acceptors (Lipinski definition) is 5. The zero-order chi connectivity index (χ0) is 20.9. The average molecular weight is 416 g/mol. The van der Waals surface area contributed by atoms with Gasteiger partial charge in [-0.1, -0.05) is 30.3 Å². The zero-order valence-electron chi connectivity index (χ0n) is 16.6. The second-order valence-corrected chi connectivity index (χ2v) is 7.95. The van der Waals surface area contributed by atoms with Crippen LogP contribution in [0.15, 0.2) is 53.4 Å². The Labute approximate surface area is 179 Å². The number of fused-ring (bicyclic) bond motifs is 1. The summed E-state index contributed by atoms with van der Waals surface area (Å²) in [6, 6.07) is 15.7. The van der Waals surface area contributed by atoms with E-state index in [2.05, 4.69) is 28.5 Å². The van der Waals surface area contributed by atoms with E-state index in [1.54, 1.807) is 19.2 Å². The summed E-state index contributed by atoms with van der Waals surface area (Å²) in [4.78, 5) is 17.2. The summed E-state index contributed by atoms with van der Waals surface area (Å²) in [5.41, 5.74) is 5.36. The van der Waals surface area contributed by atoms with Crippen LogP contribution in [-0.2, 0) is 17.6 Å². The van der Waals surface area contributed by atoms with Crippen LogP contribution >= 0.6 is 11.3 Å². The lowest BCUT2D eigenvalue weighted by molar-refractivity contribution is -0.112. The van der Waals surface area contributed by atoms with Crippen LogP contribution in [0.1, 0.15) is 29.5 Å². The fraction of sp³-hybridized carbons (Fsp3) is 0.208. The molecule has 1 aliphatic rings. The largest absolute Gasteiger partial charge is 0.496 e. The maximum Gasteiger partial charge on any atom is 0.268 e. The summed E-state index contributed by atoms with van der Waals surface area (Å²) in [5.74, 6) is 0.108. The maximum absolute atomic E-state index is 12.6. The van der Waals surface area contributed by atoms with E-state index in [1.165, 1.54) is 41.4 Å². The molecule has 0 atom stereocenters. The average Bonchev–Trinajstić information content (AvgIpc) is 3.25. The Bertz CT molecular complexity index is 1160. The lowest BCUT2D eigenvalue weighted by atomic mass is 9.90. The Morgan fingerprint density at radius 2 is 2.00 bits per heavy atom. The van der Waals surface area contributed by atoms with Crippen molar-refractivity contribution in [3.8, 4) is 23.1 Å². The molecule has 6 heteroatoms. The summed E-state index contributed by atoms with van der Waals surface area (Å²) in [6.07, 6.45) is 6.25. The van der Waals surface area contributed by atoms with Crippen molar-refractivity contribution in [1.29, 1.82) is 5.26 Å². The first-order valence-electron chi connectivity index (χ1n) is 9.82. The number of anilines is 1. The zero-order valence-corrected chi connectivity index (χ0v) is 17.5. The molecule has 0 bridgehead atoms. The molecule has 2 aromatic carbocycles. The number of nitriles is 1. The molecule has 0 radical (unpaired) electrons. The Hall–Kier alpha value is -3.43. The van der Waals surface area contributed by atoms with Gasteiger partial charge in [-0.2, -0.15) is 5.26 Å². The van der Waals surface area contributed by atoms with Gasteiger partial charge < -0.3 is 4.74 Å². The first-order chi connectivity index (χ1) is 14.7. The van der Waals surface area contributed by atoms with Crippen LogP contribution in [-0.4, -0.2) is 18.0 Å². The number of benzene rings is 2. The molecule has 0 spiro atoms. The fourth-order valence-corrected chi connectivity index (χ4v) is 4.33. The second kappa shape index (κ2) is 8.93. The van der Waals surface area contributed by atoms with E-state index >= 15 is 0 Å². The molecule has 30 heavy (non-hydrogen) atoms. The molecule has 0 aliphatic heterocycles. The number of amides is 1. The molecule has 3 aromatic rings. The number of nitrogens with zero attached hydrogens (tertiary/aromatic N) is 2. The van der Waals surface area contributed by atoms with Crippen molar-refractivity contribution >= 4 is 28.5 Å². The van der Waals surface area contributed by atoms with E-state index in [1.807, 2.05) is 23.6 Å². The van der Waals surface area contributed by atoms with E-state index in [9.17, 15) is 10.1 Å². The van der Waals surface area contributed by atoms with Gasteiger partial charge in [0.2, 0.25) is 0 Å². The number of aromatic nitrogens is 1. The summed E-state index contributed by atoms with van der Waals surface area (Å²) in [7, 11) is 1.55. The van der Waals surface area contributed by atoms with Crippen LogP contribution in [0.5, 0.6) is 5.75 Å². The molecule has 1 aliphatic carbocycles. The maximum atomic E-state index is 12.6. The highest BCUT2D eigenvalue weighted by Gasteiger charge is 2.15. The molecular formula is C24H21N3O2S. The number of ether oxygens (including phenoxy) is 1. The first kappa shape index (κ1) is 19.9. The number of hydrogen-bond donors (Lipinski definition) is 1. The minimum Gasteiger partial charge on any atom is -0.496 e. The van der Waals surface area contributed by atoms with Gasteiger partial charge in [-0.15, -0.1) is 11.3 Å². The minimum absolute atomic E-state index is 0.00923. The number of para-hydroxylation sites is 1. The number of nitrogens with one attached hydrogen (secondary N) is 1. The van der Waals surface area contributed by atoms with Gasteiger partial charge in [0.25, 0.3) is 5.91 Å². The second-order valence-electron chi connectivity index (χ2n) is 7.09. The van der Waals surface area contributed by atoms with Crippen LogP contribution in [0.4, 0.5) is 5.13 Å². The predicted molar refractivity (Wildman–Crippen MR) is 119 cm³/mol. The predicted octanol–water partition coefficient (Wildman–Crippen LogP) is 5.24. The third-order valence-electron chi connectivity index (χ3n) is 5.17. The number of carbonyl (C=O) groups is 1. The molecule has 1 N–H and O–H groups in total. The van der Waals surface area contributed by atoms with Crippen molar-refractivity contribution in [1.82, 2.24) is 4.98 Å². The third-order valence-corrected chi connectivity index (χ3v) is 5.93. The lowest BCUT2D eigenvalue weighted by Gasteiger charge is -2.16. The Morgan fingerprint density at radius 1 is 1.20 bits per heavy atom. The van der Waals surface area contributed by atoms with Crippen LogP contribution in [0.2, 0.25) is 0 Å². The standard InChI is InChI=1S/C24H21N3O2S/c1-29-22-9-5-4-8-19(22)13-20(14-25)23(28)27-24-26-21(15-30-24)18-11-10-16-6-2-3-7-17(16)12-18/h4-5,8-13,15H,2-3,6-7H2,1H3,(H,26,27,28)/b20-13+. The summed E-state index contributed by atoms with van der Waals surface area (Å²) in [5, 5.41) is 14.6. The summed E-state index contributed by atoms with van der Waals surface area (Å²) < 4.78 is 5.28. The highest BCUT2D eigenvalue weighted by molar-refractivity contribution is 7.14. The van der Waals surface area contributed by atoms with Gasteiger partial charge in [0, 0.05) is 16.5 Å². The fourth-order valence-electron chi connectivity index (χ4n) is 3.61. The normalized spacial score (nSPS) is 13.3. The minimum atomic E-state index is -0.491.